The molecule has 2 heterocycles. The van der Waals surface area contributed by atoms with Crippen molar-refractivity contribution in [2.45, 2.75) is 13.3 Å². The molecule has 1 N–H and O–H groups in total. The summed E-state index contributed by atoms with van der Waals surface area (Å²) in [5.74, 6) is -0.0815. The summed E-state index contributed by atoms with van der Waals surface area (Å²) in [6.45, 7) is 2.07. The number of rotatable bonds is 3. The van der Waals surface area contributed by atoms with Crippen LogP contribution in [-0.2, 0) is 6.42 Å². The van der Waals surface area contributed by atoms with E-state index in [4.69, 9.17) is 0 Å². The molecule has 0 spiro atoms. The highest BCUT2D eigenvalue weighted by Crippen LogP contribution is 2.19. The van der Waals surface area contributed by atoms with Gasteiger partial charge in [0, 0.05) is 11.1 Å². The molecule has 78 valence electrons. The lowest BCUT2D eigenvalue weighted by atomic mass is 10.4. The summed E-state index contributed by atoms with van der Waals surface area (Å²) in [6, 6.07) is 3.66. The van der Waals surface area contributed by atoms with E-state index < -0.39 is 0 Å². The number of hydrogen-bond donors (Lipinski definition) is 1. The van der Waals surface area contributed by atoms with Crippen LogP contribution in [0.4, 0.5) is 5.13 Å². The molecule has 5 heteroatoms. The third-order valence-corrected chi connectivity index (χ3v) is 3.79. The molecule has 2 rings (SSSR count). The third kappa shape index (κ3) is 2.43. The van der Waals surface area contributed by atoms with Crippen molar-refractivity contribution in [3.05, 3.63) is 33.5 Å². The van der Waals surface area contributed by atoms with Gasteiger partial charge in [0.05, 0.1) is 4.88 Å². The van der Waals surface area contributed by atoms with Crippen molar-refractivity contribution in [3.63, 3.8) is 0 Å². The number of hydrogen-bond acceptors (Lipinski definition) is 4. The number of amides is 1. The zero-order valence-electron chi connectivity index (χ0n) is 8.19. The fourth-order valence-electron chi connectivity index (χ4n) is 1.10. The highest BCUT2D eigenvalue weighted by Gasteiger charge is 2.08. The Labute approximate surface area is 95.8 Å². The summed E-state index contributed by atoms with van der Waals surface area (Å²) in [5, 5.41) is 5.33. The second-order valence-corrected chi connectivity index (χ2v) is 4.98. The van der Waals surface area contributed by atoms with E-state index in [1.54, 1.807) is 12.3 Å². The number of aromatic nitrogens is 1. The highest BCUT2D eigenvalue weighted by atomic mass is 32.1. The predicted molar refractivity (Wildman–Crippen MR) is 63.8 cm³/mol. The molecule has 0 unspecified atom stereocenters. The van der Waals surface area contributed by atoms with Crippen LogP contribution >= 0.6 is 22.7 Å². The molecule has 2 aromatic rings. The zero-order chi connectivity index (χ0) is 10.7. The monoisotopic (exact) mass is 238 g/mol. The van der Waals surface area contributed by atoms with Crippen molar-refractivity contribution < 1.29 is 4.79 Å². The Bertz CT molecular complexity index is 448. The number of carbonyl (C=O) groups is 1. The summed E-state index contributed by atoms with van der Waals surface area (Å²) in [4.78, 5) is 17.7. The quantitative estimate of drug-likeness (QED) is 0.893. The highest BCUT2D eigenvalue weighted by molar-refractivity contribution is 7.16. The van der Waals surface area contributed by atoms with E-state index in [1.807, 2.05) is 11.4 Å². The van der Waals surface area contributed by atoms with Gasteiger partial charge in [-0.05, 0) is 17.9 Å². The maximum absolute atomic E-state index is 11.6. The number of thiazole rings is 1. The topological polar surface area (TPSA) is 42.0 Å². The van der Waals surface area contributed by atoms with E-state index in [9.17, 15) is 4.79 Å². The maximum atomic E-state index is 11.6. The number of anilines is 1. The molecule has 0 aliphatic rings. The van der Waals surface area contributed by atoms with Crippen LogP contribution in [0.3, 0.4) is 0 Å². The molecule has 0 radical (unpaired) electrons. The van der Waals surface area contributed by atoms with E-state index >= 15 is 0 Å². The first-order valence-corrected chi connectivity index (χ1v) is 6.28. The minimum Gasteiger partial charge on any atom is -0.297 e. The molecule has 0 saturated heterocycles. The molecule has 0 aliphatic heterocycles. The molecule has 15 heavy (non-hydrogen) atoms. The average molecular weight is 238 g/mol. The fourth-order valence-corrected chi connectivity index (χ4v) is 2.46. The summed E-state index contributed by atoms with van der Waals surface area (Å²) in [7, 11) is 0. The van der Waals surface area contributed by atoms with E-state index in [0.717, 1.165) is 6.42 Å². The van der Waals surface area contributed by atoms with Gasteiger partial charge in [-0.3, -0.25) is 10.1 Å². The molecule has 0 saturated carbocycles. The van der Waals surface area contributed by atoms with Gasteiger partial charge in [0.2, 0.25) is 0 Å². The maximum Gasteiger partial charge on any atom is 0.267 e. The predicted octanol–water partition coefficient (Wildman–Crippen LogP) is 3.02. The molecule has 2 aromatic heterocycles. The standard InChI is InChI=1S/C10H10N2OS2/c1-2-7-6-11-10(15-7)12-9(13)8-4-3-5-14-8/h3-6H,2H2,1H3,(H,11,12,13). The van der Waals surface area contributed by atoms with Crippen LogP contribution in [0, 0.1) is 0 Å². The fraction of sp³-hybridized carbons (Fsp3) is 0.200. The number of carbonyl (C=O) groups excluding carboxylic acids is 1. The molecule has 1 amide bonds. The van der Waals surface area contributed by atoms with Gasteiger partial charge in [-0.1, -0.05) is 13.0 Å². The van der Waals surface area contributed by atoms with Gasteiger partial charge in [0.25, 0.3) is 5.91 Å². The lowest BCUT2D eigenvalue weighted by Gasteiger charge is -1.96. The summed E-state index contributed by atoms with van der Waals surface area (Å²) >= 11 is 2.95. The number of aryl methyl sites for hydroxylation is 1. The largest absolute Gasteiger partial charge is 0.297 e. The Morgan fingerprint density at radius 2 is 2.47 bits per heavy atom. The van der Waals surface area contributed by atoms with Gasteiger partial charge in [-0.2, -0.15) is 0 Å². The van der Waals surface area contributed by atoms with Crippen LogP contribution in [0.25, 0.3) is 0 Å². The van der Waals surface area contributed by atoms with Crippen molar-refractivity contribution in [1.82, 2.24) is 4.98 Å². The van der Waals surface area contributed by atoms with E-state index in [1.165, 1.54) is 27.6 Å². The van der Waals surface area contributed by atoms with Gasteiger partial charge >= 0.3 is 0 Å². The number of nitrogens with zero attached hydrogens (tertiary/aromatic N) is 1. The summed E-state index contributed by atoms with van der Waals surface area (Å²) in [5.41, 5.74) is 0. The lowest BCUT2D eigenvalue weighted by Crippen LogP contribution is -2.09. The first kappa shape index (κ1) is 10.3. The van der Waals surface area contributed by atoms with Crippen molar-refractivity contribution in [2.24, 2.45) is 0 Å². The van der Waals surface area contributed by atoms with Crippen LogP contribution < -0.4 is 5.32 Å². The van der Waals surface area contributed by atoms with Crippen LogP contribution in [0.2, 0.25) is 0 Å². The van der Waals surface area contributed by atoms with Crippen molar-refractivity contribution >= 4 is 33.7 Å². The first-order valence-electron chi connectivity index (χ1n) is 4.59. The minimum atomic E-state index is -0.0815. The Morgan fingerprint density at radius 3 is 3.07 bits per heavy atom. The molecular formula is C10H10N2OS2. The van der Waals surface area contributed by atoms with Crippen LogP contribution in [0.1, 0.15) is 21.5 Å². The first-order chi connectivity index (χ1) is 7.29. The minimum absolute atomic E-state index is 0.0815. The SMILES string of the molecule is CCc1cnc(NC(=O)c2cccs2)s1. The lowest BCUT2D eigenvalue weighted by molar-refractivity contribution is 0.103. The normalized spacial score (nSPS) is 10.2. The van der Waals surface area contributed by atoms with Crippen molar-refractivity contribution in [1.29, 1.82) is 0 Å². The summed E-state index contributed by atoms with van der Waals surface area (Å²) < 4.78 is 0. The molecule has 0 fully saturated rings. The van der Waals surface area contributed by atoms with Crippen LogP contribution in [0.15, 0.2) is 23.7 Å². The van der Waals surface area contributed by atoms with Crippen LogP contribution in [-0.4, -0.2) is 10.9 Å². The Kier molecular flexibility index (Phi) is 3.13. The van der Waals surface area contributed by atoms with Crippen LogP contribution in [0.5, 0.6) is 0 Å². The van der Waals surface area contributed by atoms with Gasteiger partial charge in [0.15, 0.2) is 5.13 Å². The summed E-state index contributed by atoms with van der Waals surface area (Å²) in [6.07, 6.45) is 2.75. The second kappa shape index (κ2) is 4.55. The van der Waals surface area contributed by atoms with Gasteiger partial charge in [0.1, 0.15) is 0 Å². The van der Waals surface area contributed by atoms with E-state index in [0.29, 0.717) is 10.0 Å². The third-order valence-electron chi connectivity index (χ3n) is 1.87. The van der Waals surface area contributed by atoms with Gasteiger partial charge in [-0.15, -0.1) is 22.7 Å². The van der Waals surface area contributed by atoms with Gasteiger partial charge < -0.3 is 0 Å². The molecular weight excluding hydrogens is 228 g/mol. The molecule has 3 nitrogen and oxygen atoms in total. The average Bonchev–Trinajstić information content (AvgIpc) is 2.87. The Hall–Kier alpha value is -1.20. The van der Waals surface area contributed by atoms with E-state index in [-0.39, 0.29) is 5.91 Å². The van der Waals surface area contributed by atoms with E-state index in [2.05, 4.69) is 17.2 Å². The van der Waals surface area contributed by atoms with Crippen molar-refractivity contribution in [3.8, 4) is 0 Å². The molecule has 0 atom stereocenters. The molecule has 0 aromatic carbocycles. The Balaban J connectivity index is 2.06. The molecule has 0 bridgehead atoms. The number of nitrogens with one attached hydrogen (secondary N) is 1. The molecule has 0 aliphatic carbocycles. The van der Waals surface area contributed by atoms with Crippen molar-refractivity contribution in [2.75, 3.05) is 5.32 Å². The number of thiophene rings is 1. The van der Waals surface area contributed by atoms with Gasteiger partial charge in [-0.25, -0.2) is 4.98 Å². The Morgan fingerprint density at radius 1 is 1.60 bits per heavy atom. The smallest absolute Gasteiger partial charge is 0.267 e. The zero-order valence-corrected chi connectivity index (χ0v) is 9.82. The second-order valence-electron chi connectivity index (χ2n) is 2.92.